The molecule has 4 rings (SSSR count). The van der Waals surface area contributed by atoms with E-state index in [1.165, 1.54) is 0 Å². The Morgan fingerprint density at radius 3 is 2.81 bits per heavy atom. The summed E-state index contributed by atoms with van der Waals surface area (Å²) in [5.74, 6) is 0.983. The van der Waals surface area contributed by atoms with Gasteiger partial charge in [0, 0.05) is 43.3 Å². The summed E-state index contributed by atoms with van der Waals surface area (Å²) >= 11 is 0. The van der Waals surface area contributed by atoms with E-state index in [1.54, 1.807) is 10.7 Å². The van der Waals surface area contributed by atoms with Crippen LogP contribution in [0.15, 0.2) is 43.0 Å². The Labute approximate surface area is 122 Å². The standard InChI is InChI=1S/C15H15N5O/c1-3-16-15(19-5-7-21-8-6-19)9-12(1)13-10-17-14-2-4-18-20(14)11-13/h1-4,9-11H,5-8H2. The van der Waals surface area contributed by atoms with E-state index in [9.17, 15) is 0 Å². The highest BCUT2D eigenvalue weighted by Gasteiger charge is 2.13. The molecule has 0 amide bonds. The third-order valence-electron chi connectivity index (χ3n) is 3.66. The van der Waals surface area contributed by atoms with Gasteiger partial charge in [-0.25, -0.2) is 14.5 Å². The van der Waals surface area contributed by atoms with Gasteiger partial charge in [-0.1, -0.05) is 0 Å². The molecule has 4 heterocycles. The lowest BCUT2D eigenvalue weighted by atomic mass is 10.1. The van der Waals surface area contributed by atoms with Crippen LogP contribution in [0.4, 0.5) is 5.82 Å². The number of hydrogen-bond donors (Lipinski definition) is 0. The fourth-order valence-electron chi connectivity index (χ4n) is 2.52. The molecule has 0 bridgehead atoms. The highest BCUT2D eigenvalue weighted by atomic mass is 16.5. The van der Waals surface area contributed by atoms with E-state index in [-0.39, 0.29) is 0 Å². The van der Waals surface area contributed by atoms with E-state index < -0.39 is 0 Å². The second-order valence-corrected chi connectivity index (χ2v) is 4.98. The number of aromatic nitrogens is 4. The number of pyridine rings is 1. The predicted molar refractivity (Wildman–Crippen MR) is 79.3 cm³/mol. The monoisotopic (exact) mass is 281 g/mol. The third kappa shape index (κ3) is 2.34. The Kier molecular flexibility index (Phi) is 3.01. The maximum absolute atomic E-state index is 5.38. The first-order chi connectivity index (χ1) is 10.4. The lowest BCUT2D eigenvalue weighted by Crippen LogP contribution is -2.36. The molecular weight excluding hydrogens is 266 g/mol. The minimum absolute atomic E-state index is 0.757. The fourth-order valence-corrected chi connectivity index (χ4v) is 2.52. The first kappa shape index (κ1) is 12.3. The van der Waals surface area contributed by atoms with E-state index in [2.05, 4.69) is 26.0 Å². The van der Waals surface area contributed by atoms with Crippen LogP contribution < -0.4 is 4.90 Å². The normalized spacial score (nSPS) is 15.5. The molecule has 3 aromatic heterocycles. The van der Waals surface area contributed by atoms with Gasteiger partial charge >= 0.3 is 0 Å². The summed E-state index contributed by atoms with van der Waals surface area (Å²) < 4.78 is 7.17. The van der Waals surface area contributed by atoms with Crippen molar-refractivity contribution < 1.29 is 4.74 Å². The summed E-state index contributed by atoms with van der Waals surface area (Å²) in [4.78, 5) is 11.1. The second kappa shape index (κ2) is 5.14. The molecule has 0 radical (unpaired) electrons. The molecule has 1 aliphatic rings. The van der Waals surface area contributed by atoms with Gasteiger partial charge < -0.3 is 9.64 Å². The maximum atomic E-state index is 5.38. The zero-order valence-corrected chi connectivity index (χ0v) is 11.5. The Bertz CT molecular complexity index is 763. The summed E-state index contributed by atoms with van der Waals surface area (Å²) in [5, 5.41) is 4.23. The van der Waals surface area contributed by atoms with Crippen LogP contribution >= 0.6 is 0 Å². The number of nitrogens with zero attached hydrogens (tertiary/aromatic N) is 5. The first-order valence-corrected chi connectivity index (χ1v) is 6.99. The number of morpholine rings is 1. The summed E-state index contributed by atoms with van der Waals surface area (Å²) in [7, 11) is 0. The Hall–Kier alpha value is -2.47. The van der Waals surface area contributed by atoms with Crippen LogP contribution in [-0.2, 0) is 4.74 Å². The molecular formula is C15H15N5O. The van der Waals surface area contributed by atoms with Crippen molar-refractivity contribution in [3.63, 3.8) is 0 Å². The minimum atomic E-state index is 0.757. The highest BCUT2D eigenvalue weighted by Crippen LogP contribution is 2.23. The molecule has 1 aliphatic heterocycles. The van der Waals surface area contributed by atoms with Crippen LogP contribution in [0.25, 0.3) is 16.8 Å². The second-order valence-electron chi connectivity index (χ2n) is 4.98. The molecule has 106 valence electrons. The van der Waals surface area contributed by atoms with Crippen molar-refractivity contribution in [3.05, 3.63) is 43.0 Å². The Balaban J connectivity index is 1.70. The average molecular weight is 281 g/mol. The molecule has 6 nitrogen and oxygen atoms in total. The van der Waals surface area contributed by atoms with Gasteiger partial charge in [0.1, 0.15) is 5.82 Å². The number of hydrogen-bond acceptors (Lipinski definition) is 5. The molecule has 0 spiro atoms. The van der Waals surface area contributed by atoms with Crippen molar-refractivity contribution >= 4 is 11.5 Å². The molecule has 0 unspecified atom stereocenters. The average Bonchev–Trinajstić information content (AvgIpc) is 3.03. The maximum Gasteiger partial charge on any atom is 0.154 e. The zero-order valence-electron chi connectivity index (χ0n) is 11.5. The van der Waals surface area contributed by atoms with Gasteiger partial charge in [0.25, 0.3) is 0 Å². The van der Waals surface area contributed by atoms with Gasteiger partial charge in [0.2, 0.25) is 0 Å². The molecule has 0 aliphatic carbocycles. The summed E-state index contributed by atoms with van der Waals surface area (Å²) in [6.07, 6.45) is 7.45. The molecule has 1 saturated heterocycles. The van der Waals surface area contributed by atoms with Gasteiger partial charge in [-0.2, -0.15) is 5.10 Å². The lowest BCUT2D eigenvalue weighted by molar-refractivity contribution is 0.122. The topological polar surface area (TPSA) is 55.5 Å². The highest BCUT2D eigenvalue weighted by molar-refractivity contribution is 5.66. The molecule has 6 heteroatoms. The molecule has 1 fully saturated rings. The number of rotatable bonds is 2. The van der Waals surface area contributed by atoms with Crippen molar-refractivity contribution in [1.29, 1.82) is 0 Å². The third-order valence-corrected chi connectivity index (χ3v) is 3.66. The summed E-state index contributed by atoms with van der Waals surface area (Å²) in [5.41, 5.74) is 2.97. The van der Waals surface area contributed by atoms with Gasteiger partial charge in [0.15, 0.2) is 5.65 Å². The minimum Gasteiger partial charge on any atom is -0.378 e. The van der Waals surface area contributed by atoms with Gasteiger partial charge in [-0.05, 0) is 17.7 Å². The van der Waals surface area contributed by atoms with E-state index in [0.29, 0.717) is 0 Å². The molecule has 21 heavy (non-hydrogen) atoms. The van der Waals surface area contributed by atoms with Gasteiger partial charge in [-0.15, -0.1) is 0 Å². The smallest absolute Gasteiger partial charge is 0.154 e. The van der Waals surface area contributed by atoms with Gasteiger partial charge in [0.05, 0.1) is 19.4 Å². The van der Waals surface area contributed by atoms with Crippen LogP contribution in [0.5, 0.6) is 0 Å². The summed E-state index contributed by atoms with van der Waals surface area (Å²) in [6, 6.07) is 5.98. The molecule has 0 N–H and O–H groups in total. The Morgan fingerprint density at radius 1 is 1.00 bits per heavy atom. The van der Waals surface area contributed by atoms with Crippen LogP contribution in [0.1, 0.15) is 0 Å². The Morgan fingerprint density at radius 2 is 1.90 bits per heavy atom. The largest absolute Gasteiger partial charge is 0.378 e. The number of fused-ring (bicyclic) bond motifs is 1. The quantitative estimate of drug-likeness (QED) is 0.714. The van der Waals surface area contributed by atoms with Crippen molar-refractivity contribution in [3.8, 4) is 11.1 Å². The van der Waals surface area contributed by atoms with Gasteiger partial charge in [-0.3, -0.25) is 0 Å². The van der Waals surface area contributed by atoms with Crippen molar-refractivity contribution in [2.75, 3.05) is 31.2 Å². The van der Waals surface area contributed by atoms with Crippen molar-refractivity contribution in [2.45, 2.75) is 0 Å². The van der Waals surface area contributed by atoms with Crippen LogP contribution in [0.3, 0.4) is 0 Å². The molecule has 0 atom stereocenters. The number of ether oxygens (including phenoxy) is 1. The SMILES string of the molecule is c1cc(-c2cnc3ccnn3c2)cc(N2CCOCC2)n1. The van der Waals surface area contributed by atoms with E-state index in [1.807, 2.05) is 30.7 Å². The molecule has 0 aromatic carbocycles. The lowest BCUT2D eigenvalue weighted by Gasteiger charge is -2.28. The molecule has 0 saturated carbocycles. The van der Waals surface area contributed by atoms with Crippen LogP contribution in [0, 0.1) is 0 Å². The van der Waals surface area contributed by atoms with E-state index in [0.717, 1.165) is 48.9 Å². The molecule has 3 aromatic rings. The van der Waals surface area contributed by atoms with Crippen LogP contribution in [0.2, 0.25) is 0 Å². The van der Waals surface area contributed by atoms with Crippen LogP contribution in [-0.4, -0.2) is 45.9 Å². The number of anilines is 1. The predicted octanol–water partition coefficient (Wildman–Crippen LogP) is 1.63. The zero-order chi connectivity index (χ0) is 14.1. The summed E-state index contributed by atoms with van der Waals surface area (Å²) in [6.45, 7) is 3.28. The fraction of sp³-hybridized carbons (Fsp3) is 0.267. The van der Waals surface area contributed by atoms with Crippen molar-refractivity contribution in [1.82, 2.24) is 19.6 Å². The van der Waals surface area contributed by atoms with E-state index in [4.69, 9.17) is 4.74 Å². The first-order valence-electron chi connectivity index (χ1n) is 6.99. The van der Waals surface area contributed by atoms with E-state index >= 15 is 0 Å². The van der Waals surface area contributed by atoms with Crippen molar-refractivity contribution in [2.24, 2.45) is 0 Å².